The van der Waals surface area contributed by atoms with Crippen LogP contribution in [0.4, 0.5) is 5.69 Å². The number of benzene rings is 1. The van der Waals surface area contributed by atoms with Crippen molar-refractivity contribution in [1.29, 1.82) is 0 Å². The molecular weight excluding hydrogens is 222 g/mol. The summed E-state index contributed by atoms with van der Waals surface area (Å²) in [5.74, 6) is 1.92. The summed E-state index contributed by atoms with van der Waals surface area (Å²) in [4.78, 5) is 0. The highest BCUT2D eigenvalue weighted by atomic mass is 16.5. The Bertz CT molecular complexity index is 360. The van der Waals surface area contributed by atoms with Gasteiger partial charge in [0.25, 0.3) is 0 Å². The highest BCUT2D eigenvalue weighted by molar-refractivity contribution is 5.48. The van der Waals surface area contributed by atoms with E-state index >= 15 is 0 Å². The van der Waals surface area contributed by atoms with E-state index in [2.05, 4.69) is 37.4 Å². The minimum atomic E-state index is 0.553. The number of rotatable bonds is 7. The van der Waals surface area contributed by atoms with Gasteiger partial charge in [-0.25, -0.2) is 0 Å². The summed E-state index contributed by atoms with van der Waals surface area (Å²) in [5, 5.41) is 3.58. The van der Waals surface area contributed by atoms with E-state index < -0.39 is 0 Å². The van der Waals surface area contributed by atoms with Crippen LogP contribution < -0.4 is 10.1 Å². The lowest BCUT2D eigenvalue weighted by Gasteiger charge is -2.29. The third-order valence-corrected chi connectivity index (χ3v) is 3.63. The largest absolute Gasteiger partial charge is 0.494 e. The van der Waals surface area contributed by atoms with Crippen molar-refractivity contribution in [1.82, 2.24) is 0 Å². The van der Waals surface area contributed by atoms with Gasteiger partial charge in [0, 0.05) is 17.8 Å². The Kier molecular flexibility index (Phi) is 4.91. The molecule has 0 saturated heterocycles. The Hall–Kier alpha value is -1.18. The van der Waals surface area contributed by atoms with Crippen molar-refractivity contribution < 1.29 is 4.74 Å². The van der Waals surface area contributed by atoms with Gasteiger partial charge in [0.15, 0.2) is 0 Å². The summed E-state index contributed by atoms with van der Waals surface area (Å²) < 4.78 is 5.65. The number of anilines is 1. The number of hydrogen-bond acceptors (Lipinski definition) is 2. The Morgan fingerprint density at radius 3 is 2.89 bits per heavy atom. The van der Waals surface area contributed by atoms with Gasteiger partial charge in [-0.3, -0.25) is 0 Å². The van der Waals surface area contributed by atoms with Crippen LogP contribution in [0.1, 0.15) is 46.0 Å². The standard InChI is InChI=1S/C16H25NO/c1-3-10-18-16-9-5-8-15(12-16)17-13(2)11-14-6-4-7-14/h5,8-9,12-14,17H,3-4,6-7,10-11H2,1-2H3. The van der Waals surface area contributed by atoms with Gasteiger partial charge < -0.3 is 10.1 Å². The predicted molar refractivity (Wildman–Crippen MR) is 77.3 cm³/mol. The first kappa shape index (κ1) is 13.3. The van der Waals surface area contributed by atoms with Crippen LogP contribution in [0.2, 0.25) is 0 Å². The molecule has 2 rings (SSSR count). The van der Waals surface area contributed by atoms with Crippen molar-refractivity contribution >= 4 is 5.69 Å². The fraction of sp³-hybridized carbons (Fsp3) is 0.625. The van der Waals surface area contributed by atoms with Crippen LogP contribution in [0, 0.1) is 5.92 Å². The third kappa shape index (κ3) is 3.94. The van der Waals surface area contributed by atoms with E-state index in [4.69, 9.17) is 4.74 Å². The molecule has 1 N–H and O–H groups in total. The normalized spacial score (nSPS) is 17.0. The maximum Gasteiger partial charge on any atom is 0.121 e. The summed E-state index contributed by atoms with van der Waals surface area (Å²) in [6.45, 7) is 5.20. The molecule has 1 fully saturated rings. The van der Waals surface area contributed by atoms with E-state index in [1.807, 2.05) is 6.07 Å². The molecule has 0 amide bonds. The molecule has 1 aromatic rings. The molecule has 0 aromatic heterocycles. The van der Waals surface area contributed by atoms with E-state index in [-0.39, 0.29) is 0 Å². The summed E-state index contributed by atoms with van der Waals surface area (Å²) >= 11 is 0. The molecule has 1 aliphatic carbocycles. The van der Waals surface area contributed by atoms with Crippen molar-refractivity contribution in [3.8, 4) is 5.75 Å². The van der Waals surface area contributed by atoms with Crippen LogP contribution >= 0.6 is 0 Å². The smallest absolute Gasteiger partial charge is 0.121 e. The zero-order valence-electron chi connectivity index (χ0n) is 11.6. The summed E-state index contributed by atoms with van der Waals surface area (Å²) in [7, 11) is 0. The van der Waals surface area contributed by atoms with Crippen molar-refractivity contribution in [2.75, 3.05) is 11.9 Å². The third-order valence-electron chi connectivity index (χ3n) is 3.63. The van der Waals surface area contributed by atoms with Gasteiger partial charge in [0.1, 0.15) is 5.75 Å². The van der Waals surface area contributed by atoms with Crippen LogP contribution in [0.15, 0.2) is 24.3 Å². The highest BCUT2D eigenvalue weighted by Gasteiger charge is 2.19. The molecule has 0 heterocycles. The summed E-state index contributed by atoms with van der Waals surface area (Å²) in [6, 6.07) is 8.86. The average Bonchev–Trinajstić information content (AvgIpc) is 2.32. The van der Waals surface area contributed by atoms with Crippen LogP contribution in [0.5, 0.6) is 5.75 Å². The topological polar surface area (TPSA) is 21.3 Å². The Labute approximate surface area is 111 Å². The number of hydrogen-bond donors (Lipinski definition) is 1. The molecule has 0 spiro atoms. The molecule has 0 aliphatic heterocycles. The zero-order chi connectivity index (χ0) is 12.8. The summed E-state index contributed by atoms with van der Waals surface area (Å²) in [5.41, 5.74) is 1.18. The minimum Gasteiger partial charge on any atom is -0.494 e. The average molecular weight is 247 g/mol. The molecule has 0 radical (unpaired) electrons. The summed E-state index contributed by atoms with van der Waals surface area (Å²) in [6.07, 6.45) is 6.62. The van der Waals surface area contributed by atoms with E-state index in [1.165, 1.54) is 31.4 Å². The van der Waals surface area contributed by atoms with Crippen LogP contribution in [-0.2, 0) is 0 Å². The molecule has 2 nitrogen and oxygen atoms in total. The molecule has 18 heavy (non-hydrogen) atoms. The molecule has 100 valence electrons. The van der Waals surface area contributed by atoms with E-state index in [1.54, 1.807) is 0 Å². The predicted octanol–water partition coefficient (Wildman–Crippen LogP) is 4.47. The zero-order valence-corrected chi connectivity index (χ0v) is 11.6. The molecule has 1 atom stereocenters. The van der Waals surface area contributed by atoms with Crippen LogP contribution in [0.25, 0.3) is 0 Å². The fourth-order valence-corrected chi connectivity index (χ4v) is 2.47. The van der Waals surface area contributed by atoms with Crippen molar-refractivity contribution in [3.05, 3.63) is 24.3 Å². The van der Waals surface area contributed by atoms with Gasteiger partial charge in [0.2, 0.25) is 0 Å². The van der Waals surface area contributed by atoms with Gasteiger partial charge in [-0.05, 0) is 37.8 Å². The SMILES string of the molecule is CCCOc1cccc(NC(C)CC2CCC2)c1. The van der Waals surface area contributed by atoms with E-state index in [9.17, 15) is 0 Å². The Morgan fingerprint density at radius 2 is 2.22 bits per heavy atom. The lowest BCUT2D eigenvalue weighted by Crippen LogP contribution is -2.23. The second-order valence-corrected chi connectivity index (χ2v) is 5.45. The second-order valence-electron chi connectivity index (χ2n) is 5.45. The van der Waals surface area contributed by atoms with Gasteiger partial charge >= 0.3 is 0 Å². The van der Waals surface area contributed by atoms with E-state index in [0.29, 0.717) is 6.04 Å². The molecule has 1 unspecified atom stereocenters. The fourth-order valence-electron chi connectivity index (χ4n) is 2.47. The first-order valence-electron chi connectivity index (χ1n) is 7.27. The molecule has 1 saturated carbocycles. The van der Waals surface area contributed by atoms with Crippen molar-refractivity contribution in [2.45, 2.75) is 52.0 Å². The van der Waals surface area contributed by atoms with Crippen molar-refractivity contribution in [3.63, 3.8) is 0 Å². The first-order chi connectivity index (χ1) is 8.78. The molecule has 0 bridgehead atoms. The second kappa shape index (κ2) is 6.67. The highest BCUT2D eigenvalue weighted by Crippen LogP contribution is 2.31. The minimum absolute atomic E-state index is 0.553. The van der Waals surface area contributed by atoms with Crippen LogP contribution in [0.3, 0.4) is 0 Å². The maximum atomic E-state index is 5.65. The Morgan fingerprint density at radius 1 is 1.39 bits per heavy atom. The Balaban J connectivity index is 1.83. The molecular formula is C16H25NO. The van der Waals surface area contributed by atoms with Gasteiger partial charge in [-0.15, -0.1) is 0 Å². The molecule has 1 aromatic carbocycles. The monoisotopic (exact) mass is 247 g/mol. The lowest BCUT2D eigenvalue weighted by atomic mass is 9.81. The first-order valence-corrected chi connectivity index (χ1v) is 7.27. The van der Waals surface area contributed by atoms with Gasteiger partial charge in [-0.2, -0.15) is 0 Å². The number of ether oxygens (including phenoxy) is 1. The lowest BCUT2D eigenvalue weighted by molar-refractivity contribution is 0.286. The molecule has 1 aliphatic rings. The van der Waals surface area contributed by atoms with Crippen molar-refractivity contribution in [2.24, 2.45) is 5.92 Å². The maximum absolute atomic E-state index is 5.65. The quantitative estimate of drug-likeness (QED) is 0.767. The van der Waals surface area contributed by atoms with Crippen LogP contribution in [-0.4, -0.2) is 12.6 Å². The van der Waals surface area contributed by atoms with Gasteiger partial charge in [-0.1, -0.05) is 32.3 Å². The molecule has 2 heteroatoms. The van der Waals surface area contributed by atoms with E-state index in [0.717, 1.165) is 24.7 Å². The van der Waals surface area contributed by atoms with Gasteiger partial charge in [0.05, 0.1) is 6.61 Å². The number of nitrogens with one attached hydrogen (secondary N) is 1.